The highest BCUT2D eigenvalue weighted by Gasteiger charge is 2.49. The molecule has 2 atom stereocenters. The van der Waals surface area contributed by atoms with Crippen LogP contribution in [-0.4, -0.2) is 5.78 Å². The molecule has 0 aliphatic heterocycles. The zero-order valence-corrected chi connectivity index (χ0v) is 16.2. The third-order valence-electron chi connectivity index (χ3n) is 6.00. The molecule has 0 aromatic heterocycles. The van der Waals surface area contributed by atoms with Crippen LogP contribution >= 0.6 is 0 Å². The van der Waals surface area contributed by atoms with E-state index in [0.717, 1.165) is 18.4 Å². The fourth-order valence-electron chi connectivity index (χ4n) is 4.99. The molecule has 0 N–H and O–H groups in total. The molecule has 1 saturated carbocycles. The molecule has 0 heterocycles. The number of unbranched alkanes of at least 4 members (excludes halogenated alkanes) is 1. The number of hydrogen-bond donors (Lipinski definition) is 0. The van der Waals surface area contributed by atoms with Gasteiger partial charge in [-0.25, -0.2) is 0 Å². The third kappa shape index (κ3) is 4.01. The van der Waals surface area contributed by atoms with Crippen molar-refractivity contribution in [1.29, 1.82) is 0 Å². The summed E-state index contributed by atoms with van der Waals surface area (Å²) in [5, 5.41) is 0. The van der Waals surface area contributed by atoms with Crippen LogP contribution in [0.15, 0.2) is 53.6 Å². The Hall–Kier alpha value is -2.07. The molecule has 0 amide bonds. The summed E-state index contributed by atoms with van der Waals surface area (Å²) in [4.78, 5) is 12.3. The first-order valence-corrected chi connectivity index (χ1v) is 10.0. The second-order valence-electron chi connectivity index (χ2n) is 8.17. The Labute approximate surface area is 158 Å². The van der Waals surface area contributed by atoms with Gasteiger partial charge in [-0.2, -0.15) is 0 Å². The summed E-state index contributed by atoms with van der Waals surface area (Å²) >= 11 is 0. The molecule has 0 bridgehead atoms. The molecule has 0 radical (unpaired) electrons. The van der Waals surface area contributed by atoms with Crippen LogP contribution in [0.25, 0.3) is 0 Å². The van der Waals surface area contributed by atoms with Crippen molar-refractivity contribution in [1.82, 2.24) is 0 Å². The van der Waals surface area contributed by atoms with Crippen molar-refractivity contribution in [2.24, 2.45) is 11.3 Å². The Bertz CT molecular complexity index is 771. The Morgan fingerprint density at radius 3 is 2.77 bits per heavy atom. The van der Waals surface area contributed by atoms with Gasteiger partial charge >= 0.3 is 0 Å². The van der Waals surface area contributed by atoms with Gasteiger partial charge in [-0.05, 0) is 80.4 Å². The predicted molar refractivity (Wildman–Crippen MR) is 109 cm³/mol. The molecule has 1 aromatic carbocycles. The van der Waals surface area contributed by atoms with Crippen molar-refractivity contribution >= 4 is 5.78 Å². The molecule has 26 heavy (non-hydrogen) atoms. The van der Waals surface area contributed by atoms with Crippen molar-refractivity contribution < 1.29 is 4.79 Å². The van der Waals surface area contributed by atoms with Crippen LogP contribution in [0.5, 0.6) is 0 Å². The molecule has 136 valence electrons. The molecule has 2 aliphatic carbocycles. The second kappa shape index (κ2) is 8.09. The maximum Gasteiger partial charge on any atom is 0.206 e. The largest absolute Gasteiger partial charge is 0.285 e. The van der Waals surface area contributed by atoms with Gasteiger partial charge in [-0.1, -0.05) is 55.2 Å². The van der Waals surface area contributed by atoms with Crippen LogP contribution in [0.2, 0.25) is 0 Å². The van der Waals surface area contributed by atoms with Crippen LogP contribution in [0.1, 0.15) is 70.8 Å². The van der Waals surface area contributed by atoms with Crippen molar-refractivity contribution in [2.75, 3.05) is 0 Å². The van der Waals surface area contributed by atoms with E-state index in [9.17, 15) is 4.79 Å². The molecule has 1 aromatic rings. The van der Waals surface area contributed by atoms with E-state index >= 15 is 0 Å². The minimum Gasteiger partial charge on any atom is -0.285 e. The van der Waals surface area contributed by atoms with Crippen LogP contribution in [0.4, 0.5) is 0 Å². The van der Waals surface area contributed by atoms with Crippen LogP contribution in [-0.2, 0) is 4.79 Å². The zero-order chi connectivity index (χ0) is 18.6. The lowest BCUT2D eigenvalue weighted by molar-refractivity contribution is -0.114. The topological polar surface area (TPSA) is 17.1 Å². The predicted octanol–water partition coefficient (Wildman–Crippen LogP) is 6.25. The van der Waals surface area contributed by atoms with Crippen molar-refractivity contribution in [2.45, 2.75) is 65.2 Å². The summed E-state index contributed by atoms with van der Waals surface area (Å²) in [6.07, 6.45) is 9.10. The number of allylic oxidation sites excluding steroid dienone is 3. The molecular formula is C25H30O. The molecule has 1 nitrogen and oxygen atoms in total. The smallest absolute Gasteiger partial charge is 0.206 e. The van der Waals surface area contributed by atoms with Gasteiger partial charge in [-0.15, -0.1) is 0 Å². The van der Waals surface area contributed by atoms with Gasteiger partial charge in [0.15, 0.2) is 0 Å². The van der Waals surface area contributed by atoms with E-state index in [1.165, 1.54) is 37.7 Å². The summed E-state index contributed by atoms with van der Waals surface area (Å²) in [6, 6.07) is 9.76. The quantitative estimate of drug-likeness (QED) is 0.556. The van der Waals surface area contributed by atoms with E-state index in [-0.39, 0.29) is 5.78 Å². The number of hydrogen-bond acceptors (Lipinski definition) is 1. The summed E-state index contributed by atoms with van der Waals surface area (Å²) < 4.78 is 0. The van der Waals surface area contributed by atoms with Gasteiger partial charge in [0, 0.05) is 12.0 Å². The van der Waals surface area contributed by atoms with Gasteiger partial charge in [0.1, 0.15) is 0 Å². The lowest BCUT2D eigenvalue weighted by atomic mass is 9.59. The lowest BCUT2D eigenvalue weighted by Gasteiger charge is -2.45. The van der Waals surface area contributed by atoms with Gasteiger partial charge in [-0.3, -0.25) is 4.79 Å². The highest BCUT2D eigenvalue weighted by Crippen LogP contribution is 2.61. The Kier molecular flexibility index (Phi) is 5.82. The lowest BCUT2D eigenvalue weighted by Crippen LogP contribution is -2.32. The molecule has 3 rings (SSSR count). The van der Waals surface area contributed by atoms with Crippen LogP contribution in [0, 0.1) is 23.2 Å². The van der Waals surface area contributed by atoms with Gasteiger partial charge in [0.05, 0.1) is 0 Å². The number of carbonyl (C=O) groups excluding carboxylic acids is 1. The van der Waals surface area contributed by atoms with Crippen LogP contribution < -0.4 is 0 Å². The van der Waals surface area contributed by atoms with Crippen molar-refractivity contribution in [3.63, 3.8) is 0 Å². The molecule has 1 spiro atoms. The maximum absolute atomic E-state index is 12.3. The van der Waals surface area contributed by atoms with Gasteiger partial charge < -0.3 is 0 Å². The SMILES string of the molecule is C=C(C)C1=C(CCCC)CC12CCC(CC(=O)C#Cc1ccccc1)C2. The highest BCUT2D eigenvalue weighted by atomic mass is 16.1. The number of rotatable bonds is 6. The summed E-state index contributed by atoms with van der Waals surface area (Å²) in [7, 11) is 0. The van der Waals surface area contributed by atoms with E-state index in [1.807, 2.05) is 30.3 Å². The number of ketones is 1. The fourth-order valence-corrected chi connectivity index (χ4v) is 4.99. The fraction of sp³-hybridized carbons (Fsp3) is 0.480. The Morgan fingerprint density at radius 2 is 2.08 bits per heavy atom. The minimum absolute atomic E-state index is 0.0855. The van der Waals surface area contributed by atoms with E-state index in [4.69, 9.17) is 0 Å². The van der Waals surface area contributed by atoms with E-state index in [0.29, 0.717) is 17.8 Å². The van der Waals surface area contributed by atoms with E-state index in [1.54, 1.807) is 11.1 Å². The molecular weight excluding hydrogens is 316 g/mol. The van der Waals surface area contributed by atoms with Gasteiger partial charge in [0.2, 0.25) is 5.78 Å². The average Bonchev–Trinajstić information content (AvgIpc) is 3.02. The molecule has 1 fully saturated rings. The molecule has 1 heteroatoms. The molecule has 2 aliphatic rings. The normalized spacial score (nSPS) is 24.2. The first-order chi connectivity index (χ1) is 12.5. The van der Waals surface area contributed by atoms with Crippen molar-refractivity contribution in [3.8, 4) is 11.8 Å². The summed E-state index contributed by atoms with van der Waals surface area (Å²) in [6.45, 7) is 8.67. The Morgan fingerprint density at radius 1 is 1.31 bits per heavy atom. The van der Waals surface area contributed by atoms with Crippen LogP contribution in [0.3, 0.4) is 0 Å². The zero-order valence-electron chi connectivity index (χ0n) is 16.2. The van der Waals surface area contributed by atoms with Gasteiger partial charge in [0.25, 0.3) is 0 Å². The minimum atomic E-state index is 0.0855. The Balaban J connectivity index is 1.61. The summed E-state index contributed by atoms with van der Waals surface area (Å²) in [5.74, 6) is 6.41. The number of Topliss-reactive ketones (excluding diaryl/α,β-unsaturated/α-hetero) is 1. The first kappa shape index (κ1) is 18.7. The third-order valence-corrected chi connectivity index (χ3v) is 6.00. The average molecular weight is 347 g/mol. The monoisotopic (exact) mass is 346 g/mol. The standard InChI is InChI=1S/C25H30O/c1-4-5-11-22-18-25(24(22)19(2)3)15-14-21(17-25)16-23(26)13-12-20-9-7-6-8-10-20/h6-10,21H,2,4-5,11,14-18H2,1,3H3. The second-order valence-corrected chi connectivity index (χ2v) is 8.17. The van der Waals surface area contributed by atoms with Crippen molar-refractivity contribution in [3.05, 3.63) is 59.2 Å². The highest BCUT2D eigenvalue weighted by molar-refractivity contribution is 5.96. The molecule has 2 unspecified atom stereocenters. The first-order valence-electron chi connectivity index (χ1n) is 10.0. The maximum atomic E-state index is 12.3. The number of carbonyl (C=O) groups is 1. The number of benzene rings is 1. The summed E-state index contributed by atoms with van der Waals surface area (Å²) in [5.41, 5.74) is 5.67. The van der Waals surface area contributed by atoms with E-state index in [2.05, 4.69) is 32.3 Å². The molecule has 0 saturated heterocycles. The van der Waals surface area contributed by atoms with E-state index < -0.39 is 0 Å².